The van der Waals surface area contributed by atoms with Crippen LogP contribution in [-0.4, -0.2) is 37.5 Å². The minimum absolute atomic E-state index is 0.0976. The molecule has 0 aromatic carbocycles. The third-order valence-electron chi connectivity index (χ3n) is 3.78. The number of ether oxygens (including phenoxy) is 1. The van der Waals surface area contributed by atoms with Gasteiger partial charge in [0.1, 0.15) is 5.41 Å². The van der Waals surface area contributed by atoms with Gasteiger partial charge >= 0.3 is 5.97 Å². The number of carbonyl (C=O) groups is 2. The Hall–Kier alpha value is -1.57. The topological polar surface area (TPSA) is 70.4 Å². The monoisotopic (exact) mass is 266 g/mol. The number of hydrogen-bond donors (Lipinski definition) is 0. The van der Waals surface area contributed by atoms with Gasteiger partial charge in [0.25, 0.3) is 0 Å². The maximum Gasteiger partial charge on any atom is 0.305 e. The lowest BCUT2D eigenvalue weighted by atomic mass is 9.74. The number of carbonyl (C=O) groups excluding carboxylic acids is 2. The van der Waals surface area contributed by atoms with Gasteiger partial charge in [-0.3, -0.25) is 9.59 Å². The van der Waals surface area contributed by atoms with Gasteiger partial charge in [-0.1, -0.05) is 19.3 Å². The van der Waals surface area contributed by atoms with Gasteiger partial charge in [-0.05, 0) is 19.3 Å². The number of nitrogens with zero attached hydrogens (tertiary/aromatic N) is 2. The first-order chi connectivity index (χ1) is 9.05. The zero-order chi connectivity index (χ0) is 14.3. The molecule has 19 heavy (non-hydrogen) atoms. The van der Waals surface area contributed by atoms with E-state index < -0.39 is 5.41 Å². The first-order valence-electron chi connectivity index (χ1n) is 6.79. The van der Waals surface area contributed by atoms with Crippen LogP contribution in [-0.2, 0) is 14.3 Å². The summed E-state index contributed by atoms with van der Waals surface area (Å²) in [6.45, 7) is 0.483. The lowest BCUT2D eigenvalue weighted by molar-refractivity contribution is -0.142. The summed E-state index contributed by atoms with van der Waals surface area (Å²) in [6.07, 6.45) is 5.16. The molecule has 0 spiro atoms. The second kappa shape index (κ2) is 7.13. The Balaban J connectivity index is 2.51. The highest BCUT2D eigenvalue weighted by atomic mass is 16.5. The Morgan fingerprint density at radius 3 is 2.47 bits per heavy atom. The van der Waals surface area contributed by atoms with E-state index in [1.165, 1.54) is 7.11 Å². The largest absolute Gasteiger partial charge is 0.469 e. The van der Waals surface area contributed by atoms with Gasteiger partial charge in [-0.25, -0.2) is 0 Å². The average molecular weight is 266 g/mol. The number of hydrogen-bond acceptors (Lipinski definition) is 4. The molecule has 106 valence electrons. The SMILES string of the molecule is COC(=O)CCCN(C)C(=O)C1(C#N)CCCCC1. The molecule has 1 amide bonds. The summed E-state index contributed by atoms with van der Waals surface area (Å²) in [5.41, 5.74) is -0.835. The van der Waals surface area contributed by atoms with Crippen molar-refractivity contribution in [3.8, 4) is 6.07 Å². The Morgan fingerprint density at radius 2 is 1.95 bits per heavy atom. The highest BCUT2D eigenvalue weighted by molar-refractivity contribution is 5.85. The fourth-order valence-electron chi connectivity index (χ4n) is 2.56. The summed E-state index contributed by atoms with van der Waals surface area (Å²) in [4.78, 5) is 25.0. The summed E-state index contributed by atoms with van der Waals surface area (Å²) >= 11 is 0. The molecule has 0 heterocycles. The molecular weight excluding hydrogens is 244 g/mol. The molecule has 1 saturated carbocycles. The molecular formula is C14H22N2O3. The van der Waals surface area contributed by atoms with Gasteiger partial charge in [-0.15, -0.1) is 0 Å². The summed E-state index contributed by atoms with van der Waals surface area (Å²) in [5.74, 6) is -0.368. The number of methoxy groups -OCH3 is 1. The molecule has 0 saturated heterocycles. The van der Waals surface area contributed by atoms with E-state index in [4.69, 9.17) is 0 Å². The van der Waals surface area contributed by atoms with Crippen LogP contribution in [0, 0.1) is 16.7 Å². The molecule has 1 aliphatic rings. The Kier molecular flexibility index (Phi) is 5.81. The molecule has 1 aliphatic carbocycles. The quantitative estimate of drug-likeness (QED) is 0.712. The smallest absolute Gasteiger partial charge is 0.305 e. The van der Waals surface area contributed by atoms with Crippen LogP contribution in [0.1, 0.15) is 44.9 Å². The van der Waals surface area contributed by atoms with Crippen LogP contribution >= 0.6 is 0 Å². The minimum Gasteiger partial charge on any atom is -0.469 e. The molecule has 5 nitrogen and oxygen atoms in total. The van der Waals surface area contributed by atoms with Crippen LogP contribution in [0.3, 0.4) is 0 Å². The summed E-state index contributed by atoms with van der Waals surface area (Å²) in [6, 6.07) is 2.23. The Labute approximate surface area is 114 Å². The maximum absolute atomic E-state index is 12.4. The predicted octanol–water partition coefficient (Wildman–Crippen LogP) is 1.87. The van der Waals surface area contributed by atoms with Crippen LogP contribution in [0.5, 0.6) is 0 Å². The normalized spacial score (nSPS) is 17.3. The van der Waals surface area contributed by atoms with E-state index in [2.05, 4.69) is 10.8 Å². The van der Waals surface area contributed by atoms with Crippen molar-refractivity contribution >= 4 is 11.9 Å². The summed E-state index contributed by atoms with van der Waals surface area (Å²) in [5, 5.41) is 9.34. The van der Waals surface area contributed by atoms with Crippen molar-refractivity contribution in [2.75, 3.05) is 20.7 Å². The molecule has 0 N–H and O–H groups in total. The van der Waals surface area contributed by atoms with Gasteiger partial charge in [0.2, 0.25) is 5.91 Å². The lowest BCUT2D eigenvalue weighted by Crippen LogP contribution is -2.43. The van der Waals surface area contributed by atoms with Crippen LogP contribution in [0.2, 0.25) is 0 Å². The number of rotatable bonds is 5. The molecule has 0 aromatic rings. The highest BCUT2D eigenvalue weighted by Crippen LogP contribution is 2.37. The van der Waals surface area contributed by atoms with E-state index in [1.54, 1.807) is 11.9 Å². The molecule has 0 bridgehead atoms. The lowest BCUT2D eigenvalue weighted by Gasteiger charge is -2.33. The minimum atomic E-state index is -0.835. The van der Waals surface area contributed by atoms with Crippen molar-refractivity contribution < 1.29 is 14.3 Å². The Morgan fingerprint density at radius 1 is 1.32 bits per heavy atom. The van der Waals surface area contributed by atoms with E-state index in [-0.39, 0.29) is 11.9 Å². The van der Waals surface area contributed by atoms with Gasteiger partial charge in [-0.2, -0.15) is 5.26 Å². The van der Waals surface area contributed by atoms with Crippen molar-refractivity contribution in [2.24, 2.45) is 5.41 Å². The number of esters is 1. The number of amides is 1. The van der Waals surface area contributed by atoms with Crippen LogP contribution < -0.4 is 0 Å². The Bertz CT molecular complexity index is 367. The standard InChI is InChI=1S/C14H22N2O3/c1-16(10-6-7-12(17)19-2)13(18)14(11-15)8-4-3-5-9-14/h3-10H2,1-2H3. The zero-order valence-electron chi connectivity index (χ0n) is 11.8. The molecule has 0 unspecified atom stereocenters. The van der Waals surface area contributed by atoms with E-state index in [0.717, 1.165) is 19.3 Å². The zero-order valence-corrected chi connectivity index (χ0v) is 11.8. The molecule has 5 heteroatoms. The van der Waals surface area contributed by atoms with Crippen molar-refractivity contribution in [2.45, 2.75) is 44.9 Å². The summed E-state index contributed by atoms with van der Waals surface area (Å²) in [7, 11) is 3.05. The maximum atomic E-state index is 12.4. The molecule has 1 rings (SSSR count). The fourth-order valence-corrected chi connectivity index (χ4v) is 2.56. The fraction of sp³-hybridized carbons (Fsp3) is 0.786. The molecule has 1 fully saturated rings. The van der Waals surface area contributed by atoms with E-state index >= 15 is 0 Å². The van der Waals surface area contributed by atoms with Gasteiger partial charge in [0.05, 0.1) is 13.2 Å². The van der Waals surface area contributed by atoms with Gasteiger partial charge in [0.15, 0.2) is 0 Å². The van der Waals surface area contributed by atoms with E-state index in [1.807, 2.05) is 0 Å². The van der Waals surface area contributed by atoms with Crippen LogP contribution in [0.25, 0.3) is 0 Å². The third kappa shape index (κ3) is 3.95. The van der Waals surface area contributed by atoms with Crippen molar-refractivity contribution in [3.05, 3.63) is 0 Å². The molecule has 0 atom stereocenters. The van der Waals surface area contributed by atoms with E-state index in [9.17, 15) is 14.9 Å². The highest BCUT2D eigenvalue weighted by Gasteiger charge is 2.41. The first-order valence-corrected chi connectivity index (χ1v) is 6.79. The van der Waals surface area contributed by atoms with Crippen LogP contribution in [0.4, 0.5) is 0 Å². The third-order valence-corrected chi connectivity index (χ3v) is 3.78. The van der Waals surface area contributed by atoms with Crippen molar-refractivity contribution in [3.63, 3.8) is 0 Å². The number of nitriles is 1. The second-order valence-electron chi connectivity index (χ2n) is 5.16. The van der Waals surface area contributed by atoms with Crippen molar-refractivity contribution in [1.29, 1.82) is 5.26 Å². The van der Waals surface area contributed by atoms with Gasteiger partial charge in [0, 0.05) is 20.0 Å². The molecule has 0 aromatic heterocycles. The summed E-state index contributed by atoms with van der Waals surface area (Å²) < 4.78 is 4.56. The molecule has 0 aliphatic heterocycles. The predicted molar refractivity (Wildman–Crippen MR) is 70.0 cm³/mol. The molecule has 0 radical (unpaired) electrons. The average Bonchev–Trinajstić information content (AvgIpc) is 2.46. The van der Waals surface area contributed by atoms with Crippen LogP contribution in [0.15, 0.2) is 0 Å². The van der Waals surface area contributed by atoms with Crippen molar-refractivity contribution in [1.82, 2.24) is 4.90 Å². The van der Waals surface area contributed by atoms with E-state index in [0.29, 0.717) is 32.2 Å². The van der Waals surface area contributed by atoms with Gasteiger partial charge < -0.3 is 9.64 Å². The second-order valence-corrected chi connectivity index (χ2v) is 5.16. The first kappa shape index (κ1) is 15.5.